The van der Waals surface area contributed by atoms with Gasteiger partial charge >= 0.3 is 0 Å². The van der Waals surface area contributed by atoms with Crippen molar-refractivity contribution in [3.63, 3.8) is 0 Å². The number of amidine groups is 1. The SMILES string of the molecule is CC(C)Oc1c(C#N)cnc2ccc(/C=S3/CC(=O)N=C3NC(CO)CO)cc12. The fraction of sp³-hybridized carbons (Fsp3) is 0.350. The van der Waals surface area contributed by atoms with Crippen LogP contribution in [0.25, 0.3) is 10.9 Å². The van der Waals surface area contributed by atoms with Crippen molar-refractivity contribution in [2.45, 2.75) is 26.0 Å². The number of fused-ring (bicyclic) bond motifs is 1. The van der Waals surface area contributed by atoms with Crippen LogP contribution in [-0.2, 0) is 4.79 Å². The molecule has 1 aromatic carbocycles. The van der Waals surface area contributed by atoms with Gasteiger partial charge in [-0.05, 0) is 36.9 Å². The number of nitrogens with one attached hydrogen (secondary N) is 1. The number of aliphatic hydroxyl groups excluding tert-OH is 2. The molecule has 2 heterocycles. The van der Waals surface area contributed by atoms with Gasteiger partial charge in [0.25, 0.3) is 5.91 Å². The van der Waals surface area contributed by atoms with Crippen molar-refractivity contribution in [2.24, 2.45) is 4.99 Å². The fourth-order valence-corrected chi connectivity index (χ4v) is 4.47. The second-order valence-corrected chi connectivity index (χ2v) is 8.53. The summed E-state index contributed by atoms with van der Waals surface area (Å²) in [6.45, 7) is 3.24. The van der Waals surface area contributed by atoms with E-state index in [4.69, 9.17) is 4.74 Å². The molecule has 0 bridgehead atoms. The zero-order valence-corrected chi connectivity index (χ0v) is 16.9. The highest BCUT2D eigenvalue weighted by Crippen LogP contribution is 2.30. The Morgan fingerprint density at radius 2 is 2.14 bits per heavy atom. The van der Waals surface area contributed by atoms with E-state index in [1.807, 2.05) is 37.4 Å². The maximum absolute atomic E-state index is 11.9. The van der Waals surface area contributed by atoms with Crippen LogP contribution in [0.5, 0.6) is 5.75 Å². The van der Waals surface area contributed by atoms with Crippen molar-refractivity contribution >= 4 is 37.8 Å². The lowest BCUT2D eigenvalue weighted by Crippen LogP contribution is -2.38. The number of aliphatic hydroxyl groups is 2. The van der Waals surface area contributed by atoms with Gasteiger partial charge in [-0.25, -0.2) is 0 Å². The standard InChI is InChI=1S/C20H22N4O4S/c1-12(2)28-19-14(6-21)7-22-17-4-3-13(5-16(17)19)10-29-11-18(27)24-20(29)23-15(8-25)9-26/h3-5,7,10,12,15,25-26H,8-9,11H2,1-2H3,(H,23,24,27). The molecule has 0 radical (unpaired) electrons. The number of hydrogen-bond donors (Lipinski definition) is 3. The van der Waals surface area contributed by atoms with Crippen LogP contribution in [0.15, 0.2) is 29.4 Å². The topological polar surface area (TPSA) is 128 Å². The number of rotatable bonds is 6. The summed E-state index contributed by atoms with van der Waals surface area (Å²) in [7, 11) is -0.621. The van der Waals surface area contributed by atoms with Gasteiger partial charge in [0.1, 0.15) is 17.4 Å². The molecular formula is C20H22N4O4S. The number of pyridine rings is 1. The molecule has 1 atom stereocenters. The molecule has 1 aliphatic rings. The Balaban J connectivity index is 2.02. The summed E-state index contributed by atoms with van der Waals surface area (Å²) >= 11 is 0. The first-order valence-corrected chi connectivity index (χ1v) is 10.5. The van der Waals surface area contributed by atoms with Gasteiger partial charge in [0.2, 0.25) is 0 Å². The number of nitrogens with zero attached hydrogens (tertiary/aromatic N) is 3. The molecule has 0 fully saturated rings. The number of hydrogen-bond acceptors (Lipinski definition) is 7. The summed E-state index contributed by atoms with van der Waals surface area (Å²) in [6.07, 6.45) is 1.39. The van der Waals surface area contributed by atoms with Gasteiger partial charge < -0.3 is 20.3 Å². The molecule has 29 heavy (non-hydrogen) atoms. The summed E-state index contributed by atoms with van der Waals surface area (Å²) in [5.41, 5.74) is 1.90. The highest BCUT2D eigenvalue weighted by Gasteiger charge is 2.22. The third kappa shape index (κ3) is 4.79. The third-order valence-electron chi connectivity index (χ3n) is 4.12. The Labute approximate surface area is 170 Å². The van der Waals surface area contributed by atoms with E-state index in [1.54, 1.807) is 0 Å². The number of ether oxygens (including phenoxy) is 1. The van der Waals surface area contributed by atoms with Crippen LogP contribution in [0.1, 0.15) is 25.0 Å². The van der Waals surface area contributed by atoms with Crippen molar-refractivity contribution in [1.29, 1.82) is 5.26 Å². The Bertz CT molecular complexity index is 1040. The average Bonchev–Trinajstić information content (AvgIpc) is 3.04. The van der Waals surface area contributed by atoms with Gasteiger partial charge in [-0.3, -0.25) is 9.78 Å². The van der Waals surface area contributed by atoms with E-state index in [1.165, 1.54) is 6.20 Å². The Morgan fingerprint density at radius 1 is 1.38 bits per heavy atom. The number of carbonyl (C=O) groups excluding carboxylic acids is 1. The summed E-state index contributed by atoms with van der Waals surface area (Å²) in [6, 6.07) is 7.14. The lowest BCUT2D eigenvalue weighted by Gasteiger charge is -2.16. The molecule has 1 aliphatic heterocycles. The van der Waals surface area contributed by atoms with Gasteiger partial charge in [-0.15, -0.1) is 10.5 Å². The van der Waals surface area contributed by atoms with Gasteiger partial charge in [-0.1, -0.05) is 6.07 Å². The first kappa shape index (κ1) is 20.9. The van der Waals surface area contributed by atoms with E-state index >= 15 is 0 Å². The fourth-order valence-electron chi connectivity index (χ4n) is 2.80. The van der Waals surface area contributed by atoms with Gasteiger partial charge in [0, 0.05) is 11.6 Å². The van der Waals surface area contributed by atoms with E-state index in [9.17, 15) is 20.3 Å². The van der Waals surface area contributed by atoms with Crippen molar-refractivity contribution < 1.29 is 19.7 Å². The molecule has 1 unspecified atom stereocenters. The molecule has 3 N–H and O–H groups in total. The molecule has 8 nitrogen and oxygen atoms in total. The predicted octanol–water partition coefficient (Wildman–Crippen LogP) is 1.15. The van der Waals surface area contributed by atoms with Crippen molar-refractivity contribution in [2.75, 3.05) is 19.0 Å². The van der Waals surface area contributed by atoms with Gasteiger partial charge in [0.05, 0.1) is 36.6 Å². The lowest BCUT2D eigenvalue weighted by atomic mass is 10.1. The predicted molar refractivity (Wildman–Crippen MR) is 113 cm³/mol. The van der Waals surface area contributed by atoms with E-state index in [0.717, 1.165) is 10.9 Å². The molecule has 1 amide bonds. The van der Waals surface area contributed by atoms with Crippen LogP contribution in [0.2, 0.25) is 0 Å². The maximum atomic E-state index is 11.9. The Hall–Kier alpha value is -2.80. The van der Waals surface area contributed by atoms with E-state index in [2.05, 4.69) is 21.4 Å². The van der Waals surface area contributed by atoms with Crippen molar-refractivity contribution in [3.8, 4) is 11.8 Å². The number of benzene rings is 1. The van der Waals surface area contributed by atoms with Crippen LogP contribution in [0.3, 0.4) is 0 Å². The third-order valence-corrected chi connectivity index (χ3v) is 5.94. The average molecular weight is 414 g/mol. The number of nitriles is 1. The first-order valence-electron chi connectivity index (χ1n) is 9.09. The zero-order chi connectivity index (χ0) is 21.0. The summed E-state index contributed by atoms with van der Waals surface area (Å²) < 4.78 is 5.87. The van der Waals surface area contributed by atoms with Gasteiger partial charge in [0.15, 0.2) is 5.17 Å². The van der Waals surface area contributed by atoms with E-state index in [-0.39, 0.29) is 31.0 Å². The monoisotopic (exact) mass is 414 g/mol. The Morgan fingerprint density at radius 3 is 2.79 bits per heavy atom. The maximum Gasteiger partial charge on any atom is 0.258 e. The minimum Gasteiger partial charge on any atom is -0.489 e. The van der Waals surface area contributed by atoms with E-state index in [0.29, 0.717) is 22.0 Å². The molecule has 0 spiro atoms. The summed E-state index contributed by atoms with van der Waals surface area (Å²) in [5, 5.41) is 34.0. The molecule has 1 aromatic heterocycles. The number of carbonyl (C=O) groups is 1. The molecule has 3 rings (SSSR count). The molecule has 0 aliphatic carbocycles. The number of aromatic nitrogens is 1. The van der Waals surface area contributed by atoms with Crippen LogP contribution in [0.4, 0.5) is 0 Å². The highest BCUT2D eigenvalue weighted by atomic mass is 32.2. The largest absolute Gasteiger partial charge is 0.489 e. The van der Waals surface area contributed by atoms with Crippen molar-refractivity contribution in [1.82, 2.24) is 10.3 Å². The van der Waals surface area contributed by atoms with E-state index < -0.39 is 16.5 Å². The van der Waals surface area contributed by atoms with Crippen LogP contribution in [-0.4, -0.2) is 62.8 Å². The number of aliphatic imine (C=N–C) groups is 1. The minimum absolute atomic E-state index is 0.105. The zero-order valence-electron chi connectivity index (χ0n) is 16.1. The summed E-state index contributed by atoms with van der Waals surface area (Å²) in [4.78, 5) is 20.2. The van der Waals surface area contributed by atoms with Crippen molar-refractivity contribution in [3.05, 3.63) is 35.5 Å². The minimum atomic E-state index is -0.621. The van der Waals surface area contributed by atoms with Crippen LogP contribution < -0.4 is 10.1 Å². The quantitative estimate of drug-likeness (QED) is 0.605. The normalized spacial score (nSPS) is 16.5. The molecule has 9 heteroatoms. The molecule has 2 aromatic rings. The number of amides is 1. The Kier molecular flexibility index (Phi) is 6.59. The molecule has 152 valence electrons. The first-order chi connectivity index (χ1) is 13.9. The smallest absolute Gasteiger partial charge is 0.258 e. The summed E-state index contributed by atoms with van der Waals surface area (Å²) in [5.74, 6) is 0.469. The molecular weight excluding hydrogens is 392 g/mol. The molecule has 0 saturated carbocycles. The molecule has 0 saturated heterocycles. The van der Waals surface area contributed by atoms with Crippen LogP contribution >= 0.6 is 10.5 Å². The van der Waals surface area contributed by atoms with Crippen LogP contribution in [0, 0.1) is 11.3 Å². The lowest BCUT2D eigenvalue weighted by molar-refractivity contribution is -0.115. The second-order valence-electron chi connectivity index (χ2n) is 6.76. The van der Waals surface area contributed by atoms with Gasteiger partial charge in [-0.2, -0.15) is 10.3 Å². The second kappa shape index (κ2) is 9.13. The highest BCUT2D eigenvalue weighted by molar-refractivity contribution is 8.28.